The van der Waals surface area contributed by atoms with Gasteiger partial charge in [-0.1, -0.05) is 44.5 Å². The lowest BCUT2D eigenvalue weighted by Gasteiger charge is -2.15. The van der Waals surface area contributed by atoms with Gasteiger partial charge in [0.15, 0.2) is 5.82 Å². The molecule has 1 aromatic heterocycles. The first-order valence-corrected chi connectivity index (χ1v) is 5.86. The summed E-state index contributed by atoms with van der Waals surface area (Å²) in [5, 5.41) is 4.49. The van der Waals surface area contributed by atoms with E-state index in [9.17, 15) is 0 Å². The molecule has 2 rings (SSSR count). The van der Waals surface area contributed by atoms with Crippen molar-refractivity contribution >= 4 is 0 Å². The molecule has 0 bridgehead atoms. The average Bonchev–Trinajstić information content (AvgIpc) is 2.60. The average molecular weight is 229 g/mol. The summed E-state index contributed by atoms with van der Waals surface area (Å²) in [6.07, 6.45) is 0. The van der Waals surface area contributed by atoms with E-state index in [1.807, 2.05) is 17.8 Å². The van der Waals surface area contributed by atoms with Gasteiger partial charge in [0.25, 0.3) is 0 Å². The van der Waals surface area contributed by atoms with Crippen LogP contribution in [0.5, 0.6) is 0 Å². The first kappa shape index (κ1) is 11.8. The number of aryl methyl sites for hydroxylation is 2. The van der Waals surface area contributed by atoms with Crippen molar-refractivity contribution in [2.24, 2.45) is 7.05 Å². The lowest BCUT2D eigenvalue weighted by Crippen LogP contribution is -2.17. The van der Waals surface area contributed by atoms with Gasteiger partial charge in [-0.25, -0.2) is 4.98 Å². The molecule has 0 spiro atoms. The largest absolute Gasteiger partial charge is 0.252 e. The molecule has 0 amide bonds. The molecule has 0 N–H and O–H groups in total. The molecule has 1 aromatic carbocycles. The van der Waals surface area contributed by atoms with Crippen molar-refractivity contribution < 1.29 is 0 Å². The SMILES string of the molecule is Cc1cccc(-c2nc(C(C)(C)C)n(C)n2)c1. The van der Waals surface area contributed by atoms with Crippen LogP contribution in [0.3, 0.4) is 0 Å². The molecular weight excluding hydrogens is 210 g/mol. The monoisotopic (exact) mass is 229 g/mol. The Morgan fingerprint density at radius 2 is 1.88 bits per heavy atom. The molecule has 0 atom stereocenters. The summed E-state index contributed by atoms with van der Waals surface area (Å²) in [5.41, 5.74) is 2.33. The van der Waals surface area contributed by atoms with Gasteiger partial charge >= 0.3 is 0 Å². The van der Waals surface area contributed by atoms with E-state index in [-0.39, 0.29) is 5.41 Å². The summed E-state index contributed by atoms with van der Waals surface area (Å²) in [6.45, 7) is 8.53. The van der Waals surface area contributed by atoms with Gasteiger partial charge < -0.3 is 0 Å². The molecule has 0 saturated heterocycles. The van der Waals surface area contributed by atoms with Crippen molar-refractivity contribution in [2.45, 2.75) is 33.1 Å². The van der Waals surface area contributed by atoms with E-state index >= 15 is 0 Å². The number of rotatable bonds is 1. The van der Waals surface area contributed by atoms with E-state index in [1.54, 1.807) is 0 Å². The molecule has 0 unspecified atom stereocenters. The van der Waals surface area contributed by atoms with E-state index < -0.39 is 0 Å². The molecule has 1 heterocycles. The summed E-state index contributed by atoms with van der Waals surface area (Å²) >= 11 is 0. The zero-order chi connectivity index (χ0) is 12.6. The Morgan fingerprint density at radius 1 is 1.18 bits per heavy atom. The molecule has 3 nitrogen and oxygen atoms in total. The van der Waals surface area contributed by atoms with Crippen LogP contribution in [0.4, 0.5) is 0 Å². The Morgan fingerprint density at radius 3 is 2.41 bits per heavy atom. The van der Waals surface area contributed by atoms with Gasteiger partial charge in [0.05, 0.1) is 0 Å². The van der Waals surface area contributed by atoms with Crippen molar-refractivity contribution in [3.63, 3.8) is 0 Å². The van der Waals surface area contributed by atoms with Crippen molar-refractivity contribution in [1.29, 1.82) is 0 Å². The topological polar surface area (TPSA) is 30.7 Å². The Balaban J connectivity index is 2.49. The van der Waals surface area contributed by atoms with Crippen molar-refractivity contribution in [1.82, 2.24) is 14.8 Å². The molecule has 3 heteroatoms. The zero-order valence-electron chi connectivity index (χ0n) is 11.2. The van der Waals surface area contributed by atoms with Crippen LogP contribution in [0.25, 0.3) is 11.4 Å². The molecule has 0 aliphatic heterocycles. The van der Waals surface area contributed by atoms with Gasteiger partial charge in [-0.15, -0.1) is 0 Å². The molecular formula is C14H19N3. The van der Waals surface area contributed by atoms with Crippen molar-refractivity contribution in [3.8, 4) is 11.4 Å². The van der Waals surface area contributed by atoms with Crippen LogP contribution in [-0.4, -0.2) is 14.8 Å². The Hall–Kier alpha value is -1.64. The van der Waals surface area contributed by atoms with Crippen molar-refractivity contribution in [2.75, 3.05) is 0 Å². The molecule has 0 aliphatic rings. The highest BCUT2D eigenvalue weighted by molar-refractivity contribution is 5.55. The second-order valence-corrected chi connectivity index (χ2v) is 5.50. The normalized spacial score (nSPS) is 11.8. The fourth-order valence-electron chi connectivity index (χ4n) is 1.94. The maximum atomic E-state index is 4.64. The van der Waals surface area contributed by atoms with Gasteiger partial charge in [-0.2, -0.15) is 5.10 Å². The van der Waals surface area contributed by atoms with E-state index in [2.05, 4.69) is 56.0 Å². The molecule has 17 heavy (non-hydrogen) atoms. The van der Waals surface area contributed by atoms with Crippen LogP contribution >= 0.6 is 0 Å². The smallest absolute Gasteiger partial charge is 0.181 e. The Bertz CT molecular complexity index is 533. The standard InChI is InChI=1S/C14H19N3/c1-10-7-6-8-11(9-10)12-15-13(14(2,3)4)17(5)16-12/h6-9H,1-5H3. The lowest BCUT2D eigenvalue weighted by atomic mass is 9.96. The second-order valence-electron chi connectivity index (χ2n) is 5.50. The third-order valence-corrected chi connectivity index (χ3v) is 2.71. The third-order valence-electron chi connectivity index (χ3n) is 2.71. The van der Waals surface area contributed by atoms with Crippen LogP contribution in [0.2, 0.25) is 0 Å². The van der Waals surface area contributed by atoms with Gasteiger partial charge in [-0.05, 0) is 13.0 Å². The van der Waals surface area contributed by atoms with Gasteiger partial charge in [0.1, 0.15) is 5.82 Å². The van der Waals surface area contributed by atoms with E-state index in [0.717, 1.165) is 17.2 Å². The number of hydrogen-bond donors (Lipinski definition) is 0. The first-order chi connectivity index (χ1) is 7.88. The predicted molar refractivity (Wildman–Crippen MR) is 69.9 cm³/mol. The van der Waals surface area contributed by atoms with E-state index in [1.165, 1.54) is 5.56 Å². The first-order valence-electron chi connectivity index (χ1n) is 5.86. The molecule has 90 valence electrons. The third kappa shape index (κ3) is 2.38. The minimum Gasteiger partial charge on any atom is -0.252 e. The highest BCUT2D eigenvalue weighted by Gasteiger charge is 2.21. The fourth-order valence-corrected chi connectivity index (χ4v) is 1.94. The number of hydrogen-bond acceptors (Lipinski definition) is 2. The van der Waals surface area contributed by atoms with E-state index in [4.69, 9.17) is 0 Å². The predicted octanol–water partition coefficient (Wildman–Crippen LogP) is 3.09. The van der Waals surface area contributed by atoms with Gasteiger partial charge in [0, 0.05) is 18.0 Å². The molecule has 0 fully saturated rings. The highest BCUT2D eigenvalue weighted by Crippen LogP contribution is 2.23. The summed E-state index contributed by atoms with van der Waals surface area (Å²) in [7, 11) is 1.95. The maximum absolute atomic E-state index is 4.64. The number of nitrogens with zero attached hydrogens (tertiary/aromatic N) is 3. The quantitative estimate of drug-likeness (QED) is 0.752. The summed E-state index contributed by atoms with van der Waals surface area (Å²) in [6, 6.07) is 8.28. The fraction of sp³-hybridized carbons (Fsp3) is 0.429. The second kappa shape index (κ2) is 3.99. The summed E-state index contributed by atoms with van der Waals surface area (Å²) in [4.78, 5) is 4.64. The summed E-state index contributed by atoms with van der Waals surface area (Å²) in [5.74, 6) is 1.81. The minimum atomic E-state index is 0.0177. The molecule has 0 aliphatic carbocycles. The molecule has 0 saturated carbocycles. The van der Waals surface area contributed by atoms with Crippen LogP contribution < -0.4 is 0 Å². The maximum Gasteiger partial charge on any atom is 0.181 e. The lowest BCUT2D eigenvalue weighted by molar-refractivity contribution is 0.506. The Kier molecular flexibility index (Phi) is 2.77. The molecule has 2 aromatic rings. The van der Waals surface area contributed by atoms with Gasteiger partial charge in [0.2, 0.25) is 0 Å². The number of aromatic nitrogens is 3. The van der Waals surface area contributed by atoms with E-state index in [0.29, 0.717) is 0 Å². The van der Waals surface area contributed by atoms with Crippen molar-refractivity contribution in [3.05, 3.63) is 35.7 Å². The zero-order valence-corrected chi connectivity index (χ0v) is 11.2. The molecule has 0 radical (unpaired) electrons. The van der Waals surface area contributed by atoms with Gasteiger partial charge in [-0.3, -0.25) is 4.68 Å². The van der Waals surface area contributed by atoms with Crippen LogP contribution in [0.1, 0.15) is 32.2 Å². The van der Waals surface area contributed by atoms with Crippen LogP contribution in [-0.2, 0) is 12.5 Å². The van der Waals surface area contributed by atoms with Crippen LogP contribution in [0, 0.1) is 6.92 Å². The minimum absolute atomic E-state index is 0.0177. The Labute approximate surface area is 103 Å². The summed E-state index contributed by atoms with van der Waals surface area (Å²) < 4.78 is 1.87. The number of benzene rings is 1. The van der Waals surface area contributed by atoms with Crippen LogP contribution in [0.15, 0.2) is 24.3 Å². The highest BCUT2D eigenvalue weighted by atomic mass is 15.3.